The van der Waals surface area contributed by atoms with Gasteiger partial charge < -0.3 is 0 Å². The average Bonchev–Trinajstić information content (AvgIpc) is 3.23. The summed E-state index contributed by atoms with van der Waals surface area (Å²) in [6, 6.07) is 38.7. The zero-order valence-electron chi connectivity index (χ0n) is 28.3. The first-order chi connectivity index (χ1) is 26.6. The van der Waals surface area contributed by atoms with Crippen molar-refractivity contribution in [3.8, 4) is 56.4 Å². The number of rotatable bonds is 5. The van der Waals surface area contributed by atoms with Crippen LogP contribution in [0.25, 0.3) is 100 Å². The third-order valence-electron chi connectivity index (χ3n) is 9.60. The number of fused-ring (bicyclic) bond motifs is 6. The van der Waals surface area contributed by atoms with Gasteiger partial charge in [0.1, 0.15) is 11.6 Å². The molecule has 0 saturated carbocycles. The monoisotopic (exact) mass is 701 g/mol. The number of aromatic nitrogens is 7. The topological polar surface area (TPSA) is 90.2 Å². The Morgan fingerprint density at radius 3 is 1.30 bits per heavy atom. The molecule has 7 nitrogen and oxygen atoms in total. The molecule has 54 heavy (non-hydrogen) atoms. The highest BCUT2D eigenvalue weighted by Gasteiger charge is 2.19. The first-order valence-corrected chi connectivity index (χ1v) is 17.2. The summed E-state index contributed by atoms with van der Waals surface area (Å²) in [6.07, 6.45) is 6.93. The lowest BCUT2D eigenvalue weighted by Crippen LogP contribution is -2.02. The fourth-order valence-corrected chi connectivity index (χ4v) is 6.87. The Balaban J connectivity index is 1.03. The maximum Gasteiger partial charge on any atom is 0.167 e. The van der Waals surface area contributed by atoms with Crippen LogP contribution in [0.15, 0.2) is 152 Å². The van der Waals surface area contributed by atoms with E-state index in [1.54, 1.807) is 49.1 Å². The highest BCUT2D eigenvalue weighted by Crippen LogP contribution is 2.34. The predicted octanol–water partition coefficient (Wildman–Crippen LogP) is 10.7. The number of hydrogen-bond donors (Lipinski definition) is 0. The molecule has 10 aromatic rings. The molecule has 0 radical (unpaired) electrons. The van der Waals surface area contributed by atoms with E-state index >= 15 is 8.78 Å². The molecule has 0 bridgehead atoms. The molecule has 0 atom stereocenters. The van der Waals surface area contributed by atoms with Crippen LogP contribution >= 0.6 is 0 Å². The molecule has 0 aliphatic carbocycles. The highest BCUT2D eigenvalue weighted by molar-refractivity contribution is 6.04. The Morgan fingerprint density at radius 1 is 0.333 bits per heavy atom. The summed E-state index contributed by atoms with van der Waals surface area (Å²) in [7, 11) is 0. The summed E-state index contributed by atoms with van der Waals surface area (Å²) in [6.45, 7) is 0. The molecule has 0 aliphatic heterocycles. The zero-order valence-corrected chi connectivity index (χ0v) is 28.3. The van der Waals surface area contributed by atoms with E-state index in [0.717, 1.165) is 54.7 Å². The van der Waals surface area contributed by atoms with Gasteiger partial charge in [-0.25, -0.2) is 23.7 Å². The minimum atomic E-state index is -0.536. The molecule has 0 amide bonds. The summed E-state index contributed by atoms with van der Waals surface area (Å²) in [5, 5.41) is 3.79. The minimum absolute atomic E-state index is 0.0834. The van der Waals surface area contributed by atoms with Crippen LogP contribution in [0, 0.1) is 11.6 Å². The van der Waals surface area contributed by atoms with Gasteiger partial charge in [0.15, 0.2) is 17.5 Å². The van der Waals surface area contributed by atoms with E-state index in [9.17, 15) is 0 Å². The van der Waals surface area contributed by atoms with E-state index in [1.807, 2.05) is 91.0 Å². The van der Waals surface area contributed by atoms with Crippen LogP contribution < -0.4 is 0 Å². The van der Waals surface area contributed by atoms with Crippen LogP contribution in [-0.4, -0.2) is 34.9 Å². The normalized spacial score (nSPS) is 11.5. The highest BCUT2D eigenvalue weighted by atomic mass is 19.1. The van der Waals surface area contributed by atoms with Crippen molar-refractivity contribution in [3.05, 3.63) is 164 Å². The number of hydrogen-bond acceptors (Lipinski definition) is 7. The van der Waals surface area contributed by atoms with Gasteiger partial charge in [-0.3, -0.25) is 19.9 Å². The van der Waals surface area contributed by atoms with Crippen LogP contribution in [0.3, 0.4) is 0 Å². The van der Waals surface area contributed by atoms with Gasteiger partial charge in [0, 0.05) is 63.0 Å². The molecule has 0 N–H and O–H groups in total. The maximum absolute atomic E-state index is 16.1. The Bertz CT molecular complexity index is 2910. The molecule has 0 fully saturated rings. The molecule has 0 spiro atoms. The first-order valence-electron chi connectivity index (χ1n) is 17.2. The van der Waals surface area contributed by atoms with Gasteiger partial charge in [0.2, 0.25) is 0 Å². The van der Waals surface area contributed by atoms with Crippen LogP contribution in [-0.2, 0) is 0 Å². The summed E-state index contributed by atoms with van der Waals surface area (Å²) >= 11 is 0. The second kappa shape index (κ2) is 12.7. The third kappa shape index (κ3) is 5.46. The second-order valence-corrected chi connectivity index (χ2v) is 12.9. The first kappa shape index (κ1) is 31.4. The van der Waals surface area contributed by atoms with Gasteiger partial charge in [-0.15, -0.1) is 0 Å². The number of benzene rings is 5. The molecule has 0 unspecified atom stereocenters. The van der Waals surface area contributed by atoms with E-state index in [0.29, 0.717) is 22.5 Å². The lowest BCUT2D eigenvalue weighted by molar-refractivity contribution is 0.629. The van der Waals surface area contributed by atoms with Gasteiger partial charge in [-0.1, -0.05) is 78.9 Å². The molecule has 5 aromatic carbocycles. The minimum Gasteiger partial charge on any atom is -0.254 e. The van der Waals surface area contributed by atoms with Crippen molar-refractivity contribution >= 4 is 43.6 Å². The number of pyridine rings is 4. The van der Waals surface area contributed by atoms with E-state index in [-0.39, 0.29) is 22.8 Å². The standard InChI is InChI=1S/C45H25F2N7/c46-37-22-29(33-20-31-12-10-26-8-4-18-48-39(26)41(31)50-24-33)14-16-35(37)44-52-43(28-6-2-1-3-7-28)53-45(54-44)36-17-15-30(23-38(36)47)34-21-32-13-11-27-9-5-19-49-40(27)42(32)51-25-34/h1-25H. The molecule has 0 aliphatic rings. The van der Waals surface area contributed by atoms with E-state index in [4.69, 9.17) is 0 Å². The van der Waals surface area contributed by atoms with Crippen LogP contribution in [0.5, 0.6) is 0 Å². The van der Waals surface area contributed by atoms with Gasteiger partial charge in [-0.2, -0.15) is 0 Å². The van der Waals surface area contributed by atoms with Crippen molar-refractivity contribution in [1.82, 2.24) is 34.9 Å². The van der Waals surface area contributed by atoms with Crippen molar-refractivity contribution in [1.29, 1.82) is 0 Å². The maximum atomic E-state index is 16.1. The largest absolute Gasteiger partial charge is 0.254 e. The smallest absolute Gasteiger partial charge is 0.167 e. The average molecular weight is 702 g/mol. The molecule has 254 valence electrons. The van der Waals surface area contributed by atoms with Gasteiger partial charge in [0.05, 0.1) is 33.2 Å². The molecule has 10 rings (SSSR count). The predicted molar refractivity (Wildman–Crippen MR) is 208 cm³/mol. The summed E-state index contributed by atoms with van der Waals surface area (Å²) < 4.78 is 32.2. The van der Waals surface area contributed by atoms with E-state index in [1.165, 1.54) is 12.1 Å². The molecular weight excluding hydrogens is 677 g/mol. The molecule has 5 heterocycles. The van der Waals surface area contributed by atoms with E-state index < -0.39 is 11.6 Å². The lowest BCUT2D eigenvalue weighted by Gasteiger charge is -2.11. The van der Waals surface area contributed by atoms with Crippen molar-refractivity contribution in [3.63, 3.8) is 0 Å². The second-order valence-electron chi connectivity index (χ2n) is 12.9. The number of nitrogens with zero attached hydrogens (tertiary/aromatic N) is 7. The quantitative estimate of drug-likeness (QED) is 0.165. The Kier molecular flexibility index (Phi) is 7.36. The SMILES string of the molecule is Fc1cc(-c2cnc3c(ccc4cccnc43)c2)ccc1-c1nc(-c2ccccc2)nc(-c2ccc(-c3cnc4c(ccc5cccnc54)c3)cc2F)n1. The fraction of sp³-hybridized carbons (Fsp3) is 0. The summed E-state index contributed by atoms with van der Waals surface area (Å²) in [4.78, 5) is 32.3. The fourth-order valence-electron chi connectivity index (χ4n) is 6.87. The zero-order chi connectivity index (χ0) is 36.2. The third-order valence-corrected chi connectivity index (χ3v) is 9.60. The van der Waals surface area contributed by atoms with Gasteiger partial charge in [0.25, 0.3) is 0 Å². The van der Waals surface area contributed by atoms with E-state index in [2.05, 4.69) is 34.9 Å². The van der Waals surface area contributed by atoms with Crippen LogP contribution in [0.2, 0.25) is 0 Å². The molecule has 0 saturated heterocycles. The van der Waals surface area contributed by atoms with Crippen LogP contribution in [0.1, 0.15) is 0 Å². The van der Waals surface area contributed by atoms with Crippen molar-refractivity contribution in [2.24, 2.45) is 0 Å². The lowest BCUT2D eigenvalue weighted by atomic mass is 10.0. The van der Waals surface area contributed by atoms with Crippen molar-refractivity contribution in [2.75, 3.05) is 0 Å². The molecule has 5 aromatic heterocycles. The Morgan fingerprint density at radius 2 is 0.796 bits per heavy atom. The van der Waals surface area contributed by atoms with Gasteiger partial charge >= 0.3 is 0 Å². The molecule has 9 heteroatoms. The molecular formula is C45H25F2N7. The summed E-state index contributed by atoms with van der Waals surface area (Å²) in [5.41, 5.74) is 6.95. The number of halogens is 2. The van der Waals surface area contributed by atoms with Crippen molar-refractivity contribution < 1.29 is 8.78 Å². The van der Waals surface area contributed by atoms with Crippen LogP contribution in [0.4, 0.5) is 8.78 Å². The van der Waals surface area contributed by atoms with Crippen molar-refractivity contribution in [2.45, 2.75) is 0 Å². The van der Waals surface area contributed by atoms with Gasteiger partial charge in [-0.05, 0) is 59.7 Å². The Hall–Kier alpha value is -7.39. The Labute approximate surface area is 306 Å². The summed E-state index contributed by atoms with van der Waals surface area (Å²) in [5.74, 6) is -0.611.